The van der Waals surface area contributed by atoms with Crippen molar-refractivity contribution in [3.63, 3.8) is 0 Å². The molecule has 0 unspecified atom stereocenters. The first kappa shape index (κ1) is 11.1. The summed E-state index contributed by atoms with van der Waals surface area (Å²) in [4.78, 5) is 9.78. The van der Waals surface area contributed by atoms with Crippen molar-refractivity contribution in [3.8, 4) is 0 Å². The molecular weight excluding hydrogens is 270 g/mol. The Hall–Kier alpha value is -0.980. The second kappa shape index (κ2) is 4.36. The van der Waals surface area contributed by atoms with E-state index in [1.165, 1.54) is 0 Å². The van der Waals surface area contributed by atoms with Crippen LogP contribution in [0.2, 0.25) is 0 Å². The van der Waals surface area contributed by atoms with Gasteiger partial charge in [0.25, 0.3) is 0 Å². The summed E-state index contributed by atoms with van der Waals surface area (Å²) in [6.07, 6.45) is 3.72. The van der Waals surface area contributed by atoms with E-state index in [1.54, 1.807) is 29.3 Å². The van der Waals surface area contributed by atoms with Crippen molar-refractivity contribution in [3.05, 3.63) is 30.6 Å². The van der Waals surface area contributed by atoms with Crippen LogP contribution in [-0.4, -0.2) is 14.5 Å². The summed E-state index contributed by atoms with van der Waals surface area (Å²) in [5.74, 6) is 0. The number of benzene rings is 1. The van der Waals surface area contributed by atoms with Crippen LogP contribution in [0.15, 0.2) is 45.0 Å². The van der Waals surface area contributed by atoms with Gasteiger partial charge in [-0.05, 0) is 23.9 Å². The van der Waals surface area contributed by atoms with Crippen molar-refractivity contribution in [2.24, 2.45) is 7.05 Å². The first-order valence-corrected chi connectivity index (χ1v) is 7.06. The van der Waals surface area contributed by atoms with Crippen LogP contribution in [-0.2, 0) is 7.05 Å². The highest BCUT2D eigenvalue weighted by Gasteiger charge is 2.09. The predicted octanol–water partition coefficient (Wildman–Crippen LogP) is 3.47. The lowest BCUT2D eigenvalue weighted by atomic mass is 10.3. The van der Waals surface area contributed by atoms with E-state index in [0.29, 0.717) is 0 Å². The molecule has 1 aromatic carbocycles. The quantitative estimate of drug-likeness (QED) is 0.729. The van der Waals surface area contributed by atoms with E-state index >= 15 is 0 Å². The maximum Gasteiger partial charge on any atom is 0.174 e. The monoisotopic (exact) mass is 279 g/mol. The zero-order valence-electron chi connectivity index (χ0n) is 8.99. The van der Waals surface area contributed by atoms with E-state index in [1.807, 2.05) is 29.9 Å². The molecule has 3 nitrogen and oxygen atoms in total. The molecule has 0 saturated heterocycles. The van der Waals surface area contributed by atoms with Crippen LogP contribution < -0.4 is 0 Å². The smallest absolute Gasteiger partial charge is 0.174 e. The van der Waals surface area contributed by atoms with Crippen LogP contribution in [0.25, 0.3) is 10.2 Å². The van der Waals surface area contributed by atoms with Crippen LogP contribution in [0.3, 0.4) is 0 Å². The molecule has 0 aliphatic rings. The van der Waals surface area contributed by atoms with E-state index in [-0.39, 0.29) is 0 Å². The summed E-state index contributed by atoms with van der Waals surface area (Å²) in [5.41, 5.74) is 0.970. The van der Waals surface area contributed by atoms with E-state index in [2.05, 4.69) is 28.7 Å². The molecule has 0 fully saturated rings. The molecule has 0 radical (unpaired) electrons. The molecule has 0 spiro atoms. The fourth-order valence-corrected chi connectivity index (χ4v) is 3.81. The minimum atomic E-state index is 0.922. The van der Waals surface area contributed by atoms with Crippen LogP contribution in [0, 0.1) is 0 Å². The summed E-state index contributed by atoms with van der Waals surface area (Å²) in [6, 6.07) is 6.02. The highest BCUT2D eigenvalue weighted by Crippen LogP contribution is 2.35. The Morgan fingerprint density at radius 3 is 3.00 bits per heavy atom. The average Bonchev–Trinajstić information content (AvgIpc) is 2.87. The molecule has 3 aromatic rings. The topological polar surface area (TPSA) is 30.7 Å². The molecule has 0 aliphatic carbocycles. The number of thiazole rings is 1. The third-order valence-electron chi connectivity index (χ3n) is 2.33. The lowest BCUT2D eigenvalue weighted by Gasteiger charge is -1.96. The fraction of sp³-hybridized carbons (Fsp3) is 0.0909. The van der Waals surface area contributed by atoms with Crippen molar-refractivity contribution in [2.75, 3.05) is 0 Å². The highest BCUT2D eigenvalue weighted by molar-refractivity contribution is 8.01. The van der Waals surface area contributed by atoms with Gasteiger partial charge < -0.3 is 4.57 Å². The zero-order chi connectivity index (χ0) is 11.8. The minimum Gasteiger partial charge on any atom is -0.329 e. The molecular formula is C11H9N3S3. The van der Waals surface area contributed by atoms with E-state index in [4.69, 9.17) is 0 Å². The average molecular weight is 279 g/mol. The number of rotatable bonds is 2. The van der Waals surface area contributed by atoms with Gasteiger partial charge in [0.05, 0.1) is 10.2 Å². The lowest BCUT2D eigenvalue weighted by Crippen LogP contribution is -1.87. The number of aryl methyl sites for hydroxylation is 1. The molecule has 0 N–H and O–H groups in total. The Labute approximate surface area is 112 Å². The van der Waals surface area contributed by atoms with Gasteiger partial charge in [-0.2, -0.15) is 0 Å². The Morgan fingerprint density at radius 1 is 1.41 bits per heavy atom. The highest BCUT2D eigenvalue weighted by atomic mass is 32.2. The number of thiol groups is 1. The maximum absolute atomic E-state index is 4.58. The van der Waals surface area contributed by atoms with Gasteiger partial charge in [0.2, 0.25) is 0 Å². The molecule has 3 rings (SSSR count). The molecule has 0 bridgehead atoms. The van der Waals surface area contributed by atoms with Gasteiger partial charge in [-0.25, -0.2) is 9.97 Å². The third kappa shape index (κ3) is 2.08. The Morgan fingerprint density at radius 2 is 2.29 bits per heavy atom. The molecule has 0 amide bonds. The van der Waals surface area contributed by atoms with E-state index in [9.17, 15) is 0 Å². The molecule has 17 heavy (non-hydrogen) atoms. The number of nitrogens with zero attached hydrogens (tertiary/aromatic N) is 3. The predicted molar refractivity (Wildman–Crippen MR) is 74.2 cm³/mol. The van der Waals surface area contributed by atoms with Gasteiger partial charge in [-0.1, -0.05) is 6.07 Å². The molecule has 2 aromatic heterocycles. The van der Waals surface area contributed by atoms with Gasteiger partial charge in [0.15, 0.2) is 9.50 Å². The normalized spacial score (nSPS) is 11.2. The van der Waals surface area contributed by atoms with Crippen LogP contribution in [0.1, 0.15) is 0 Å². The Bertz CT molecular complexity index is 671. The van der Waals surface area contributed by atoms with Crippen molar-refractivity contribution in [1.82, 2.24) is 14.5 Å². The van der Waals surface area contributed by atoms with E-state index < -0.39 is 0 Å². The van der Waals surface area contributed by atoms with Gasteiger partial charge >= 0.3 is 0 Å². The Kier molecular flexibility index (Phi) is 2.85. The van der Waals surface area contributed by atoms with Gasteiger partial charge in [-0.3, -0.25) is 0 Å². The number of para-hydroxylation sites is 1. The van der Waals surface area contributed by atoms with Crippen molar-refractivity contribution < 1.29 is 0 Å². The molecule has 0 aliphatic heterocycles. The van der Waals surface area contributed by atoms with Crippen LogP contribution >= 0.6 is 35.7 Å². The summed E-state index contributed by atoms with van der Waals surface area (Å²) in [5, 5.41) is 0.949. The largest absolute Gasteiger partial charge is 0.329 e. The van der Waals surface area contributed by atoms with E-state index in [0.717, 1.165) is 24.6 Å². The number of hydrogen-bond donors (Lipinski definition) is 1. The minimum absolute atomic E-state index is 0.922. The molecule has 6 heteroatoms. The van der Waals surface area contributed by atoms with Crippen LogP contribution in [0.4, 0.5) is 0 Å². The van der Waals surface area contributed by atoms with Crippen LogP contribution in [0.5, 0.6) is 0 Å². The summed E-state index contributed by atoms with van der Waals surface area (Å²) >= 11 is 7.66. The third-order valence-corrected chi connectivity index (χ3v) is 4.85. The number of fused-ring (bicyclic) bond motifs is 1. The second-order valence-corrected chi connectivity index (χ2v) is 6.25. The summed E-state index contributed by atoms with van der Waals surface area (Å²) in [7, 11) is 1.98. The van der Waals surface area contributed by atoms with Crippen molar-refractivity contribution in [1.29, 1.82) is 0 Å². The van der Waals surface area contributed by atoms with Crippen molar-refractivity contribution in [2.45, 2.75) is 14.4 Å². The molecule has 2 heterocycles. The molecule has 86 valence electrons. The fourth-order valence-electron chi connectivity index (χ4n) is 1.49. The van der Waals surface area contributed by atoms with Gasteiger partial charge in [0.1, 0.15) is 0 Å². The first-order chi connectivity index (χ1) is 8.24. The second-order valence-electron chi connectivity index (χ2n) is 3.53. The SMILES string of the molecule is Cn1ccnc1Sc1nc2c(S)cccc2s1. The Balaban J connectivity index is 2.02. The van der Waals surface area contributed by atoms with Crippen molar-refractivity contribution >= 4 is 45.9 Å². The first-order valence-electron chi connectivity index (χ1n) is 4.98. The molecule has 0 atom stereocenters. The number of imidazole rings is 1. The lowest BCUT2D eigenvalue weighted by molar-refractivity contribution is 0.790. The molecule has 0 saturated carbocycles. The summed E-state index contributed by atoms with van der Waals surface area (Å²) < 4.78 is 4.14. The standard InChI is InChI=1S/C11H9N3S3/c1-14-6-5-12-10(14)17-11-13-9-7(15)3-2-4-8(9)16-11/h2-6,15H,1H3. The van der Waals surface area contributed by atoms with Gasteiger partial charge in [0, 0.05) is 24.3 Å². The zero-order valence-corrected chi connectivity index (χ0v) is 11.5. The summed E-state index contributed by atoms with van der Waals surface area (Å²) in [6.45, 7) is 0. The van der Waals surface area contributed by atoms with Gasteiger partial charge in [-0.15, -0.1) is 24.0 Å². The maximum atomic E-state index is 4.58. The number of aromatic nitrogens is 3. The number of hydrogen-bond acceptors (Lipinski definition) is 5.